The zero-order chi connectivity index (χ0) is 23.4. The van der Waals surface area contributed by atoms with Crippen molar-refractivity contribution in [2.75, 3.05) is 32.0 Å². The average molecular weight is 443 g/mol. The lowest BCUT2D eigenvalue weighted by atomic mass is 9.95. The van der Waals surface area contributed by atoms with E-state index in [0.717, 1.165) is 0 Å². The van der Waals surface area contributed by atoms with E-state index in [-0.39, 0.29) is 41.5 Å². The number of carboxylic acid groups (broad SMARTS) is 1. The molecule has 2 heterocycles. The Morgan fingerprint density at radius 1 is 1.28 bits per heavy atom. The van der Waals surface area contributed by atoms with Crippen molar-refractivity contribution in [3.05, 3.63) is 29.5 Å². The lowest BCUT2D eigenvalue weighted by Crippen LogP contribution is -2.44. The molecule has 0 unspecified atom stereocenters. The molecule has 1 aliphatic heterocycles. The van der Waals surface area contributed by atoms with Crippen molar-refractivity contribution in [1.29, 1.82) is 0 Å². The zero-order valence-corrected chi connectivity index (χ0v) is 18.7. The van der Waals surface area contributed by atoms with E-state index in [0.29, 0.717) is 54.8 Å². The predicted molar refractivity (Wildman–Crippen MR) is 120 cm³/mol. The Hall–Kier alpha value is -3.36. The number of aryl methyl sites for hydroxylation is 1. The molecule has 2 amide bonds. The molecule has 0 atom stereocenters. The van der Waals surface area contributed by atoms with Crippen LogP contribution in [0.1, 0.15) is 42.7 Å². The van der Waals surface area contributed by atoms with Gasteiger partial charge in [-0.3, -0.25) is 14.6 Å². The third-order valence-electron chi connectivity index (χ3n) is 5.74. The van der Waals surface area contributed by atoms with Gasteiger partial charge in [-0.05, 0) is 31.9 Å². The van der Waals surface area contributed by atoms with Gasteiger partial charge in [-0.15, -0.1) is 0 Å². The highest BCUT2D eigenvalue weighted by Crippen LogP contribution is 2.33. The molecule has 0 radical (unpaired) electrons. The van der Waals surface area contributed by atoms with Crippen LogP contribution in [-0.4, -0.2) is 59.0 Å². The van der Waals surface area contributed by atoms with E-state index in [1.807, 2.05) is 18.7 Å². The van der Waals surface area contributed by atoms with Crippen molar-refractivity contribution in [2.24, 2.45) is 11.8 Å². The highest BCUT2D eigenvalue weighted by molar-refractivity contribution is 6.06. The molecule has 9 heteroatoms. The molecule has 0 bridgehead atoms. The number of fused-ring (bicyclic) bond motifs is 1. The molecule has 4 N–H and O–H groups in total. The highest BCUT2D eigenvalue weighted by Gasteiger charge is 2.28. The molecule has 0 saturated carbocycles. The Balaban J connectivity index is 1.56. The lowest BCUT2D eigenvalue weighted by Gasteiger charge is -2.32. The molecule has 9 nitrogen and oxygen atoms in total. The van der Waals surface area contributed by atoms with Crippen LogP contribution in [0.4, 0.5) is 5.69 Å². The molecule has 172 valence electrons. The van der Waals surface area contributed by atoms with Gasteiger partial charge in [0.05, 0.1) is 28.8 Å². The number of hydrogen-bond donors (Lipinski definition) is 3. The van der Waals surface area contributed by atoms with Crippen molar-refractivity contribution in [2.45, 2.75) is 33.6 Å². The van der Waals surface area contributed by atoms with Crippen LogP contribution in [0.3, 0.4) is 0 Å². The van der Waals surface area contributed by atoms with Gasteiger partial charge in [0.25, 0.3) is 0 Å². The van der Waals surface area contributed by atoms with Crippen LogP contribution in [0.2, 0.25) is 0 Å². The number of carbonyl (C=O) groups is 3. The maximum atomic E-state index is 12.5. The lowest BCUT2D eigenvalue weighted by molar-refractivity contribution is -0.138. The number of carboxylic acids is 1. The first-order chi connectivity index (χ1) is 15.2. The number of nitrogens with zero attached hydrogens (tertiary/aromatic N) is 2. The molecule has 1 aromatic heterocycles. The van der Waals surface area contributed by atoms with Gasteiger partial charge in [-0.1, -0.05) is 19.9 Å². The first-order valence-electron chi connectivity index (χ1n) is 10.8. The van der Waals surface area contributed by atoms with Gasteiger partial charge in [-0.25, -0.2) is 4.79 Å². The number of aromatic nitrogens is 1. The topological polar surface area (TPSA) is 135 Å². The number of nitrogens with two attached hydrogens (primary N) is 1. The Kier molecular flexibility index (Phi) is 7.17. The van der Waals surface area contributed by atoms with Crippen LogP contribution in [0.15, 0.2) is 18.2 Å². The van der Waals surface area contributed by atoms with Gasteiger partial charge in [0.15, 0.2) is 0 Å². The minimum absolute atomic E-state index is 0.0358. The number of aromatic carboxylic acids is 1. The van der Waals surface area contributed by atoms with Gasteiger partial charge in [-0.2, -0.15) is 0 Å². The highest BCUT2D eigenvalue weighted by atomic mass is 16.5. The smallest absolute Gasteiger partial charge is 0.339 e. The van der Waals surface area contributed by atoms with Crippen molar-refractivity contribution < 1.29 is 24.2 Å². The van der Waals surface area contributed by atoms with E-state index in [1.54, 1.807) is 25.1 Å². The van der Waals surface area contributed by atoms with Gasteiger partial charge < -0.3 is 25.8 Å². The molecule has 1 saturated heterocycles. The van der Waals surface area contributed by atoms with Gasteiger partial charge in [0.1, 0.15) is 17.9 Å². The predicted octanol–water partition coefficient (Wildman–Crippen LogP) is 2.21. The minimum atomic E-state index is -1.14. The third kappa shape index (κ3) is 4.92. The molecule has 3 rings (SSSR count). The van der Waals surface area contributed by atoms with E-state index >= 15 is 0 Å². The second-order valence-corrected chi connectivity index (χ2v) is 8.34. The number of likely N-dealkylation sites (tertiary alicyclic amines) is 1. The number of nitrogen functional groups attached to an aromatic ring is 1. The fourth-order valence-corrected chi connectivity index (χ4v) is 4.04. The van der Waals surface area contributed by atoms with Crippen LogP contribution >= 0.6 is 0 Å². The maximum absolute atomic E-state index is 12.5. The molecule has 0 spiro atoms. The fourth-order valence-electron chi connectivity index (χ4n) is 4.04. The second kappa shape index (κ2) is 9.84. The molecule has 32 heavy (non-hydrogen) atoms. The standard InChI is InChI=1S/C23H30N4O5/c1-13(2)22(29)27-10-7-15(8-11-27)21(28)25-9-12-32-17-6-4-5-16-19(17)20(24)18(23(30)31)14(3)26-16/h4-6,13,15H,7-12H2,1-3H3,(H2,24,26)(H,25,28)(H,30,31). The number of pyridine rings is 1. The Labute approximate surface area is 186 Å². The normalized spacial score (nSPS) is 14.6. The van der Waals surface area contributed by atoms with Crippen molar-refractivity contribution in [1.82, 2.24) is 15.2 Å². The fraction of sp³-hybridized carbons (Fsp3) is 0.478. The summed E-state index contributed by atoms with van der Waals surface area (Å²) < 4.78 is 5.81. The number of carbonyl (C=O) groups excluding carboxylic acids is 2. The summed E-state index contributed by atoms with van der Waals surface area (Å²) in [5, 5.41) is 12.8. The number of rotatable bonds is 7. The summed E-state index contributed by atoms with van der Waals surface area (Å²) in [6.07, 6.45) is 1.29. The third-order valence-corrected chi connectivity index (χ3v) is 5.74. The molecule has 2 aromatic rings. The number of amides is 2. The Morgan fingerprint density at radius 3 is 2.59 bits per heavy atom. The van der Waals surface area contributed by atoms with Gasteiger partial charge >= 0.3 is 5.97 Å². The number of ether oxygens (including phenoxy) is 1. The van der Waals surface area contributed by atoms with E-state index in [1.165, 1.54) is 0 Å². The quantitative estimate of drug-likeness (QED) is 0.560. The summed E-state index contributed by atoms with van der Waals surface area (Å²) in [7, 11) is 0. The van der Waals surface area contributed by atoms with E-state index in [4.69, 9.17) is 10.5 Å². The molecular weight excluding hydrogens is 412 g/mol. The van der Waals surface area contributed by atoms with Crippen molar-refractivity contribution >= 4 is 34.4 Å². The van der Waals surface area contributed by atoms with Crippen LogP contribution in [0.25, 0.3) is 10.9 Å². The number of anilines is 1. The largest absolute Gasteiger partial charge is 0.491 e. The maximum Gasteiger partial charge on any atom is 0.339 e. The summed E-state index contributed by atoms with van der Waals surface area (Å²) in [6, 6.07) is 5.20. The molecule has 1 aromatic carbocycles. The van der Waals surface area contributed by atoms with Gasteiger partial charge in [0.2, 0.25) is 11.8 Å². The van der Waals surface area contributed by atoms with Crippen LogP contribution in [-0.2, 0) is 9.59 Å². The summed E-state index contributed by atoms with van der Waals surface area (Å²) in [5.74, 6) is -0.797. The molecule has 1 fully saturated rings. The molecular formula is C23H30N4O5. The molecule has 0 aliphatic carbocycles. The van der Waals surface area contributed by atoms with Crippen LogP contribution in [0, 0.1) is 18.8 Å². The number of benzene rings is 1. The zero-order valence-electron chi connectivity index (χ0n) is 18.7. The van der Waals surface area contributed by atoms with Crippen LogP contribution < -0.4 is 15.8 Å². The monoisotopic (exact) mass is 442 g/mol. The summed E-state index contributed by atoms with van der Waals surface area (Å²) in [6.45, 7) is 7.05. The first kappa shape index (κ1) is 23.3. The van der Waals surface area contributed by atoms with Gasteiger partial charge in [0, 0.05) is 24.9 Å². The van der Waals surface area contributed by atoms with E-state index < -0.39 is 5.97 Å². The van der Waals surface area contributed by atoms with E-state index in [9.17, 15) is 19.5 Å². The number of piperidine rings is 1. The summed E-state index contributed by atoms with van der Waals surface area (Å²) >= 11 is 0. The van der Waals surface area contributed by atoms with Crippen molar-refractivity contribution in [3.63, 3.8) is 0 Å². The Bertz CT molecular complexity index is 1030. The number of hydrogen-bond acceptors (Lipinski definition) is 6. The Morgan fingerprint density at radius 2 is 1.97 bits per heavy atom. The van der Waals surface area contributed by atoms with Crippen LogP contribution in [0.5, 0.6) is 5.75 Å². The van der Waals surface area contributed by atoms with E-state index in [2.05, 4.69) is 10.3 Å². The average Bonchev–Trinajstić information content (AvgIpc) is 2.75. The first-order valence-corrected chi connectivity index (χ1v) is 10.8. The summed E-state index contributed by atoms with van der Waals surface area (Å²) in [5.41, 5.74) is 7.09. The number of nitrogens with one attached hydrogen (secondary N) is 1. The SMILES string of the molecule is Cc1nc2cccc(OCCNC(=O)C3CCN(C(=O)C(C)C)CC3)c2c(N)c1C(=O)O. The van der Waals surface area contributed by atoms with Crippen molar-refractivity contribution in [3.8, 4) is 5.75 Å². The second-order valence-electron chi connectivity index (χ2n) is 8.34. The minimum Gasteiger partial charge on any atom is -0.491 e. The molecule has 1 aliphatic rings. The summed E-state index contributed by atoms with van der Waals surface area (Å²) in [4.78, 5) is 42.2.